The molecule has 1 atom stereocenters. The Labute approximate surface area is 87.2 Å². The number of imidazole rings is 1. The number of aryl methyl sites for hydroxylation is 1. The maximum atomic E-state index is 10.8. The van der Waals surface area contributed by atoms with Gasteiger partial charge in [0.1, 0.15) is 5.82 Å². The minimum Gasteiger partial charge on any atom is -0.334 e. The summed E-state index contributed by atoms with van der Waals surface area (Å²) < 4.78 is 12.9. The molecule has 1 aromatic rings. The first-order valence-electron chi connectivity index (χ1n) is 4.74. The van der Waals surface area contributed by atoms with Gasteiger partial charge in [-0.3, -0.25) is 4.21 Å². The van der Waals surface area contributed by atoms with Crippen molar-refractivity contribution in [2.75, 3.05) is 18.6 Å². The molecule has 1 heterocycles. The molecule has 14 heavy (non-hydrogen) atoms. The van der Waals surface area contributed by atoms with Gasteiger partial charge in [0.05, 0.1) is 6.54 Å². The fourth-order valence-corrected chi connectivity index (χ4v) is 1.64. The Bertz CT molecular complexity index is 298. The largest absolute Gasteiger partial charge is 0.334 e. The van der Waals surface area contributed by atoms with E-state index >= 15 is 0 Å². The average molecular weight is 215 g/mol. The summed E-state index contributed by atoms with van der Waals surface area (Å²) in [7, 11) is -0.711. The molecule has 0 amide bonds. The molecule has 0 aliphatic carbocycles. The standard InChI is InChI=1S/C9H17N3OS/c1-3-12-6-4-11-9(12)8-10-5-7-14(2)13/h4,6,10H,3,5,7-8H2,1-2H3. The van der Waals surface area contributed by atoms with Gasteiger partial charge in [-0.2, -0.15) is 0 Å². The molecule has 0 aliphatic heterocycles. The lowest BCUT2D eigenvalue weighted by atomic mass is 10.5. The Kier molecular flexibility index (Phi) is 4.82. The Morgan fingerprint density at radius 3 is 3.07 bits per heavy atom. The maximum Gasteiger partial charge on any atom is 0.122 e. The molecule has 0 aliphatic rings. The van der Waals surface area contributed by atoms with Crippen molar-refractivity contribution in [2.24, 2.45) is 0 Å². The van der Waals surface area contributed by atoms with Crippen molar-refractivity contribution in [1.29, 1.82) is 0 Å². The van der Waals surface area contributed by atoms with Crippen LogP contribution in [0.5, 0.6) is 0 Å². The molecule has 80 valence electrons. The molecule has 0 aromatic carbocycles. The fourth-order valence-electron chi connectivity index (χ4n) is 1.21. The number of rotatable bonds is 6. The molecule has 0 fully saturated rings. The quantitative estimate of drug-likeness (QED) is 0.698. The zero-order valence-corrected chi connectivity index (χ0v) is 9.51. The lowest BCUT2D eigenvalue weighted by Crippen LogP contribution is -2.21. The Balaban J connectivity index is 2.27. The predicted molar refractivity (Wildman–Crippen MR) is 58.5 cm³/mol. The van der Waals surface area contributed by atoms with Crippen LogP contribution >= 0.6 is 0 Å². The van der Waals surface area contributed by atoms with E-state index in [1.165, 1.54) is 0 Å². The third kappa shape index (κ3) is 3.59. The molecule has 1 aromatic heterocycles. The summed E-state index contributed by atoms with van der Waals surface area (Å²) in [6.07, 6.45) is 5.49. The summed E-state index contributed by atoms with van der Waals surface area (Å²) in [4.78, 5) is 4.23. The van der Waals surface area contributed by atoms with E-state index in [1.54, 1.807) is 12.5 Å². The monoisotopic (exact) mass is 215 g/mol. The lowest BCUT2D eigenvalue weighted by molar-refractivity contribution is 0.626. The van der Waals surface area contributed by atoms with Crippen LogP contribution in [0, 0.1) is 0 Å². The van der Waals surface area contributed by atoms with Gasteiger partial charge >= 0.3 is 0 Å². The van der Waals surface area contributed by atoms with Crippen molar-refractivity contribution in [1.82, 2.24) is 14.9 Å². The average Bonchev–Trinajstić information content (AvgIpc) is 2.59. The van der Waals surface area contributed by atoms with Crippen molar-refractivity contribution in [3.05, 3.63) is 18.2 Å². The van der Waals surface area contributed by atoms with Crippen molar-refractivity contribution in [2.45, 2.75) is 20.0 Å². The van der Waals surface area contributed by atoms with Gasteiger partial charge < -0.3 is 9.88 Å². The molecule has 5 heteroatoms. The normalized spacial score (nSPS) is 13.0. The van der Waals surface area contributed by atoms with E-state index in [-0.39, 0.29) is 0 Å². The molecule has 1 unspecified atom stereocenters. The summed E-state index contributed by atoms with van der Waals surface area (Å²) in [5.74, 6) is 1.74. The highest BCUT2D eigenvalue weighted by molar-refractivity contribution is 7.84. The SMILES string of the molecule is CCn1ccnc1CNCCS(C)=O. The summed E-state index contributed by atoms with van der Waals surface area (Å²) in [5.41, 5.74) is 0. The van der Waals surface area contributed by atoms with Crippen molar-refractivity contribution >= 4 is 10.8 Å². The number of hydrogen-bond acceptors (Lipinski definition) is 3. The summed E-state index contributed by atoms with van der Waals surface area (Å²) in [6.45, 7) is 4.56. The molecule has 0 radical (unpaired) electrons. The summed E-state index contributed by atoms with van der Waals surface area (Å²) in [6, 6.07) is 0. The predicted octanol–water partition coefficient (Wildman–Crippen LogP) is 0.371. The number of nitrogens with zero attached hydrogens (tertiary/aromatic N) is 2. The van der Waals surface area contributed by atoms with E-state index in [2.05, 4.69) is 21.8 Å². The highest BCUT2D eigenvalue weighted by atomic mass is 32.2. The molecule has 1 N–H and O–H groups in total. The van der Waals surface area contributed by atoms with Crippen LogP contribution in [-0.2, 0) is 23.9 Å². The van der Waals surface area contributed by atoms with Crippen LogP contribution in [0.15, 0.2) is 12.4 Å². The van der Waals surface area contributed by atoms with Crippen LogP contribution in [0.1, 0.15) is 12.7 Å². The first kappa shape index (κ1) is 11.4. The van der Waals surface area contributed by atoms with Gasteiger partial charge in [-0.25, -0.2) is 4.98 Å². The van der Waals surface area contributed by atoms with Crippen LogP contribution in [-0.4, -0.2) is 32.3 Å². The molecule has 0 bridgehead atoms. The molecule has 1 rings (SSSR count). The third-order valence-electron chi connectivity index (χ3n) is 1.99. The van der Waals surface area contributed by atoms with Crippen molar-refractivity contribution in [3.8, 4) is 0 Å². The van der Waals surface area contributed by atoms with Crippen LogP contribution in [0.25, 0.3) is 0 Å². The second-order valence-corrected chi connectivity index (χ2v) is 4.64. The molecule has 0 saturated carbocycles. The van der Waals surface area contributed by atoms with Crippen LogP contribution in [0.3, 0.4) is 0 Å². The molecule has 0 spiro atoms. The van der Waals surface area contributed by atoms with E-state index in [4.69, 9.17) is 0 Å². The number of aromatic nitrogens is 2. The van der Waals surface area contributed by atoms with Crippen LogP contribution < -0.4 is 5.32 Å². The van der Waals surface area contributed by atoms with Gasteiger partial charge in [0.15, 0.2) is 0 Å². The van der Waals surface area contributed by atoms with Crippen LogP contribution in [0.2, 0.25) is 0 Å². The van der Waals surface area contributed by atoms with E-state index in [0.29, 0.717) is 5.75 Å². The van der Waals surface area contributed by atoms with Gasteiger partial charge in [0.2, 0.25) is 0 Å². The van der Waals surface area contributed by atoms with Gasteiger partial charge in [-0.1, -0.05) is 0 Å². The Morgan fingerprint density at radius 1 is 1.64 bits per heavy atom. The van der Waals surface area contributed by atoms with E-state index < -0.39 is 10.8 Å². The molecule has 4 nitrogen and oxygen atoms in total. The van der Waals surface area contributed by atoms with Crippen molar-refractivity contribution < 1.29 is 4.21 Å². The smallest absolute Gasteiger partial charge is 0.122 e. The topological polar surface area (TPSA) is 46.9 Å². The highest BCUT2D eigenvalue weighted by Gasteiger charge is 1.99. The minimum absolute atomic E-state index is 0.701. The van der Waals surface area contributed by atoms with Crippen LogP contribution in [0.4, 0.5) is 0 Å². The lowest BCUT2D eigenvalue weighted by Gasteiger charge is -2.05. The second kappa shape index (κ2) is 5.93. The van der Waals surface area contributed by atoms with E-state index in [0.717, 1.165) is 25.5 Å². The second-order valence-electron chi connectivity index (χ2n) is 3.08. The van der Waals surface area contributed by atoms with Gasteiger partial charge in [-0.15, -0.1) is 0 Å². The van der Waals surface area contributed by atoms with Gasteiger partial charge in [-0.05, 0) is 6.92 Å². The molecular formula is C9H17N3OS. The van der Waals surface area contributed by atoms with Crippen molar-refractivity contribution in [3.63, 3.8) is 0 Å². The summed E-state index contributed by atoms with van der Waals surface area (Å²) >= 11 is 0. The first-order valence-corrected chi connectivity index (χ1v) is 6.47. The molecule has 0 saturated heterocycles. The molecular weight excluding hydrogens is 198 g/mol. The zero-order valence-electron chi connectivity index (χ0n) is 8.69. The van der Waals surface area contributed by atoms with E-state index in [1.807, 2.05) is 6.20 Å². The highest BCUT2D eigenvalue weighted by Crippen LogP contribution is 1.95. The minimum atomic E-state index is -0.711. The number of nitrogens with one attached hydrogen (secondary N) is 1. The first-order chi connectivity index (χ1) is 6.74. The van der Waals surface area contributed by atoms with Gasteiger partial charge in [0, 0.05) is 48.3 Å². The van der Waals surface area contributed by atoms with E-state index in [9.17, 15) is 4.21 Å². The number of hydrogen-bond donors (Lipinski definition) is 1. The fraction of sp³-hybridized carbons (Fsp3) is 0.667. The Morgan fingerprint density at radius 2 is 2.43 bits per heavy atom. The Hall–Kier alpha value is -0.680. The zero-order chi connectivity index (χ0) is 10.4. The third-order valence-corrected chi connectivity index (χ3v) is 2.77. The summed E-state index contributed by atoms with van der Waals surface area (Å²) in [5, 5.41) is 3.22. The maximum absolute atomic E-state index is 10.8. The van der Waals surface area contributed by atoms with Gasteiger partial charge in [0.25, 0.3) is 0 Å².